The number of amides is 1. The maximum atomic E-state index is 12.3. The lowest BCUT2D eigenvalue weighted by Crippen LogP contribution is -2.51. The van der Waals surface area contributed by atoms with Crippen molar-refractivity contribution in [1.82, 2.24) is 9.88 Å². The van der Waals surface area contributed by atoms with Gasteiger partial charge in [0.1, 0.15) is 5.69 Å². The third-order valence-electron chi connectivity index (χ3n) is 3.21. The van der Waals surface area contributed by atoms with Gasteiger partial charge in [-0.15, -0.1) is 11.3 Å². The van der Waals surface area contributed by atoms with Crippen molar-refractivity contribution >= 4 is 28.8 Å². The number of ether oxygens (including phenoxy) is 2. The summed E-state index contributed by atoms with van der Waals surface area (Å²) in [5.41, 5.74) is 0.403. The lowest BCUT2D eigenvalue weighted by atomic mass is 10.0. The van der Waals surface area contributed by atoms with Crippen molar-refractivity contribution in [1.29, 1.82) is 0 Å². The molecule has 7 heteroatoms. The first-order valence-corrected chi connectivity index (χ1v) is 7.13. The quantitative estimate of drug-likeness (QED) is 0.790. The van der Waals surface area contributed by atoms with E-state index in [1.807, 2.05) is 0 Å². The number of hydrogen-bond acceptors (Lipinski definition) is 5. The second-order valence-corrected chi connectivity index (χ2v) is 5.86. The van der Waals surface area contributed by atoms with Crippen LogP contribution in [-0.4, -0.2) is 47.9 Å². The Morgan fingerprint density at radius 3 is 2.94 bits per heavy atom. The first-order valence-electron chi connectivity index (χ1n) is 5.87. The molecule has 18 heavy (non-hydrogen) atoms. The van der Waals surface area contributed by atoms with Crippen molar-refractivity contribution in [3.8, 4) is 0 Å². The first-order chi connectivity index (χ1) is 8.69. The molecule has 2 saturated heterocycles. The van der Waals surface area contributed by atoms with Gasteiger partial charge in [0.05, 0.1) is 19.8 Å². The van der Waals surface area contributed by atoms with Crippen LogP contribution in [0.3, 0.4) is 0 Å². The maximum absolute atomic E-state index is 12.3. The molecule has 3 rings (SSSR count). The standard InChI is InChI=1S/C11H13ClN2O3S/c12-10-13-8(6-18-10)9(15)14-3-1-2-11(7-14)16-4-5-17-11/h6H,1-5,7H2. The van der Waals surface area contributed by atoms with E-state index in [1.165, 1.54) is 11.3 Å². The molecule has 1 amide bonds. The Bertz CT molecular complexity index is 459. The van der Waals surface area contributed by atoms with Gasteiger partial charge in [-0.05, 0) is 6.42 Å². The molecule has 0 radical (unpaired) electrons. The van der Waals surface area contributed by atoms with E-state index in [2.05, 4.69) is 4.98 Å². The lowest BCUT2D eigenvalue weighted by Gasteiger charge is -2.38. The highest BCUT2D eigenvalue weighted by atomic mass is 35.5. The van der Waals surface area contributed by atoms with Gasteiger partial charge in [-0.25, -0.2) is 4.98 Å². The lowest BCUT2D eigenvalue weighted by molar-refractivity contribution is -0.183. The summed E-state index contributed by atoms with van der Waals surface area (Å²) in [6, 6.07) is 0. The molecule has 2 fully saturated rings. The van der Waals surface area contributed by atoms with Crippen LogP contribution in [0.2, 0.25) is 4.47 Å². The predicted octanol–water partition coefficient (Wildman–Crippen LogP) is 1.78. The summed E-state index contributed by atoms with van der Waals surface area (Å²) < 4.78 is 11.7. The van der Waals surface area contributed by atoms with E-state index in [9.17, 15) is 4.79 Å². The molecule has 1 aromatic heterocycles. The third-order valence-corrected chi connectivity index (χ3v) is 4.19. The summed E-state index contributed by atoms with van der Waals surface area (Å²) in [5.74, 6) is -0.690. The van der Waals surface area contributed by atoms with Crippen LogP contribution in [0.1, 0.15) is 23.3 Å². The number of aromatic nitrogens is 1. The van der Waals surface area contributed by atoms with Gasteiger partial charge in [0.25, 0.3) is 5.91 Å². The molecule has 2 aliphatic heterocycles. The molecule has 0 saturated carbocycles. The Balaban J connectivity index is 1.74. The normalized spacial score (nSPS) is 22.6. The average molecular weight is 289 g/mol. The number of piperidine rings is 1. The van der Waals surface area contributed by atoms with Gasteiger partial charge in [-0.1, -0.05) is 11.6 Å². The van der Waals surface area contributed by atoms with Gasteiger partial charge in [-0.2, -0.15) is 0 Å². The van der Waals surface area contributed by atoms with E-state index in [-0.39, 0.29) is 5.91 Å². The van der Waals surface area contributed by atoms with E-state index < -0.39 is 5.79 Å². The molecular formula is C11H13ClN2O3S. The molecule has 0 aliphatic carbocycles. The summed E-state index contributed by atoms with van der Waals surface area (Å²) in [6.07, 6.45) is 1.72. The van der Waals surface area contributed by atoms with Crippen LogP contribution in [0.25, 0.3) is 0 Å². The fraction of sp³-hybridized carbons (Fsp3) is 0.636. The molecular weight excluding hydrogens is 276 g/mol. The monoisotopic (exact) mass is 288 g/mol. The van der Waals surface area contributed by atoms with E-state index in [1.54, 1.807) is 10.3 Å². The number of hydrogen-bond donors (Lipinski definition) is 0. The number of halogens is 1. The Labute approximate surface area is 114 Å². The SMILES string of the molecule is O=C(c1csc(Cl)n1)N1CCCC2(C1)OCCO2. The summed E-state index contributed by atoms with van der Waals surface area (Å²) in [6.45, 7) is 2.39. The van der Waals surface area contributed by atoms with Gasteiger partial charge < -0.3 is 14.4 Å². The molecule has 5 nitrogen and oxygen atoms in total. The Hall–Kier alpha value is -0.690. The van der Waals surface area contributed by atoms with Crippen molar-refractivity contribution in [3.63, 3.8) is 0 Å². The van der Waals surface area contributed by atoms with Crippen molar-refractivity contribution in [2.45, 2.75) is 18.6 Å². The Kier molecular flexibility index (Phi) is 3.27. The summed E-state index contributed by atoms with van der Waals surface area (Å²) in [5, 5.41) is 1.68. The van der Waals surface area contributed by atoms with Crippen LogP contribution >= 0.6 is 22.9 Å². The number of thiazole rings is 1. The highest BCUT2D eigenvalue weighted by Gasteiger charge is 2.42. The zero-order valence-corrected chi connectivity index (χ0v) is 11.3. The highest BCUT2D eigenvalue weighted by Crippen LogP contribution is 2.30. The fourth-order valence-electron chi connectivity index (χ4n) is 2.41. The van der Waals surface area contributed by atoms with Gasteiger partial charge in [0.2, 0.25) is 0 Å². The number of nitrogens with zero attached hydrogens (tertiary/aromatic N) is 2. The zero-order valence-electron chi connectivity index (χ0n) is 9.73. The fourth-order valence-corrected chi connectivity index (χ4v) is 3.14. The molecule has 3 heterocycles. The van der Waals surface area contributed by atoms with Crippen LogP contribution in [0.15, 0.2) is 5.38 Å². The minimum atomic E-state index is -0.590. The van der Waals surface area contributed by atoms with E-state index in [0.717, 1.165) is 12.8 Å². The maximum Gasteiger partial charge on any atom is 0.273 e. The second kappa shape index (κ2) is 4.77. The molecule has 98 valence electrons. The van der Waals surface area contributed by atoms with E-state index in [0.29, 0.717) is 36.5 Å². The minimum Gasteiger partial charge on any atom is -0.346 e. The molecule has 1 aromatic rings. The molecule has 2 aliphatic rings. The van der Waals surface area contributed by atoms with Crippen molar-refractivity contribution in [2.24, 2.45) is 0 Å². The van der Waals surface area contributed by atoms with Gasteiger partial charge in [0, 0.05) is 18.3 Å². The van der Waals surface area contributed by atoms with Crippen LogP contribution < -0.4 is 0 Å². The molecule has 0 unspecified atom stereocenters. The molecule has 1 spiro atoms. The third kappa shape index (κ3) is 2.25. The van der Waals surface area contributed by atoms with Crippen molar-refractivity contribution in [2.75, 3.05) is 26.3 Å². The van der Waals surface area contributed by atoms with E-state index >= 15 is 0 Å². The van der Waals surface area contributed by atoms with Crippen molar-refractivity contribution < 1.29 is 14.3 Å². The number of carbonyl (C=O) groups excluding carboxylic acids is 1. The smallest absolute Gasteiger partial charge is 0.273 e. The van der Waals surface area contributed by atoms with E-state index in [4.69, 9.17) is 21.1 Å². The zero-order chi connectivity index (χ0) is 12.6. The second-order valence-electron chi connectivity index (χ2n) is 4.42. The van der Waals surface area contributed by atoms with Crippen LogP contribution in [-0.2, 0) is 9.47 Å². The molecule has 0 N–H and O–H groups in total. The number of rotatable bonds is 1. The molecule has 0 aromatic carbocycles. The van der Waals surface area contributed by atoms with Crippen LogP contribution in [0, 0.1) is 0 Å². The van der Waals surface area contributed by atoms with Gasteiger partial charge in [0.15, 0.2) is 10.3 Å². The Morgan fingerprint density at radius 2 is 2.28 bits per heavy atom. The first kappa shape index (κ1) is 12.3. The van der Waals surface area contributed by atoms with Crippen molar-refractivity contribution in [3.05, 3.63) is 15.5 Å². The summed E-state index contributed by atoms with van der Waals surface area (Å²) in [4.78, 5) is 18.0. The molecule has 0 bridgehead atoms. The summed E-state index contributed by atoms with van der Waals surface area (Å²) >= 11 is 7.02. The topological polar surface area (TPSA) is 51.7 Å². The van der Waals surface area contributed by atoms with Crippen LogP contribution in [0.4, 0.5) is 0 Å². The predicted molar refractivity (Wildman–Crippen MR) is 66.9 cm³/mol. The van der Waals surface area contributed by atoms with Gasteiger partial charge >= 0.3 is 0 Å². The largest absolute Gasteiger partial charge is 0.346 e. The molecule has 0 atom stereocenters. The minimum absolute atomic E-state index is 0.101. The van der Waals surface area contributed by atoms with Crippen LogP contribution in [0.5, 0.6) is 0 Å². The van der Waals surface area contributed by atoms with Gasteiger partial charge in [-0.3, -0.25) is 4.79 Å². The Morgan fingerprint density at radius 1 is 1.50 bits per heavy atom. The highest BCUT2D eigenvalue weighted by molar-refractivity contribution is 7.14. The average Bonchev–Trinajstić information content (AvgIpc) is 2.98. The summed E-state index contributed by atoms with van der Waals surface area (Å²) in [7, 11) is 0. The number of likely N-dealkylation sites (tertiary alicyclic amines) is 1. The number of carbonyl (C=O) groups is 1.